The molecule has 13 heavy (non-hydrogen) atoms. The molecule has 1 fully saturated rings. The standard InChI is InChI=1S/C10H16N2O/c1-10(2)5-4-9(13-10)8-12-7-3-6-11-12/h3,6-7,9H,4-5,8H2,1-2H3. The summed E-state index contributed by atoms with van der Waals surface area (Å²) in [5, 5.41) is 4.16. The van der Waals surface area contributed by atoms with Gasteiger partial charge in [0.05, 0.1) is 18.2 Å². The molecule has 0 aromatic carbocycles. The average molecular weight is 180 g/mol. The molecule has 1 unspecified atom stereocenters. The third-order valence-corrected chi connectivity index (χ3v) is 2.50. The first-order valence-corrected chi connectivity index (χ1v) is 4.81. The zero-order valence-corrected chi connectivity index (χ0v) is 8.23. The molecule has 0 aliphatic carbocycles. The SMILES string of the molecule is CC1(C)CCC(Cn2cccn2)O1. The molecule has 0 saturated carbocycles. The van der Waals surface area contributed by atoms with Crippen LogP contribution in [0, 0.1) is 0 Å². The van der Waals surface area contributed by atoms with Crippen molar-refractivity contribution < 1.29 is 4.74 Å². The lowest BCUT2D eigenvalue weighted by atomic mass is 10.1. The van der Waals surface area contributed by atoms with Crippen LogP contribution in [0.4, 0.5) is 0 Å². The van der Waals surface area contributed by atoms with Crippen LogP contribution in [0.3, 0.4) is 0 Å². The fourth-order valence-corrected chi connectivity index (χ4v) is 1.82. The summed E-state index contributed by atoms with van der Waals surface area (Å²) in [5.74, 6) is 0. The van der Waals surface area contributed by atoms with Crippen LogP contribution in [0.5, 0.6) is 0 Å². The van der Waals surface area contributed by atoms with Crippen molar-refractivity contribution in [2.75, 3.05) is 0 Å². The zero-order valence-electron chi connectivity index (χ0n) is 8.23. The first kappa shape index (κ1) is 8.75. The van der Waals surface area contributed by atoms with E-state index in [0.29, 0.717) is 6.10 Å². The van der Waals surface area contributed by atoms with Gasteiger partial charge in [0.2, 0.25) is 0 Å². The van der Waals surface area contributed by atoms with Crippen molar-refractivity contribution in [3.63, 3.8) is 0 Å². The minimum absolute atomic E-state index is 0.0673. The number of ether oxygens (including phenoxy) is 1. The lowest BCUT2D eigenvalue weighted by Gasteiger charge is -2.19. The molecule has 1 aromatic heterocycles. The van der Waals surface area contributed by atoms with E-state index in [0.717, 1.165) is 19.4 Å². The molecule has 3 heteroatoms. The summed E-state index contributed by atoms with van der Waals surface area (Å²) < 4.78 is 7.80. The Morgan fingerprint density at radius 1 is 1.62 bits per heavy atom. The summed E-state index contributed by atoms with van der Waals surface area (Å²) in [7, 11) is 0. The number of hydrogen-bond donors (Lipinski definition) is 0. The molecule has 0 N–H and O–H groups in total. The molecule has 0 amide bonds. The maximum absolute atomic E-state index is 5.86. The molecule has 1 aliphatic heterocycles. The van der Waals surface area contributed by atoms with Gasteiger partial charge in [0.15, 0.2) is 0 Å². The molecule has 1 aliphatic rings. The molecular formula is C10H16N2O. The summed E-state index contributed by atoms with van der Waals surface area (Å²) in [6.45, 7) is 5.18. The number of aromatic nitrogens is 2. The highest BCUT2D eigenvalue weighted by molar-refractivity contribution is 4.83. The van der Waals surface area contributed by atoms with Crippen molar-refractivity contribution in [3.8, 4) is 0 Å². The number of rotatable bonds is 2. The first-order valence-electron chi connectivity index (χ1n) is 4.81. The van der Waals surface area contributed by atoms with Gasteiger partial charge in [-0.3, -0.25) is 4.68 Å². The second kappa shape index (κ2) is 3.14. The van der Waals surface area contributed by atoms with Gasteiger partial charge in [-0.25, -0.2) is 0 Å². The summed E-state index contributed by atoms with van der Waals surface area (Å²) >= 11 is 0. The van der Waals surface area contributed by atoms with Gasteiger partial charge >= 0.3 is 0 Å². The van der Waals surface area contributed by atoms with E-state index in [1.54, 1.807) is 6.20 Å². The molecule has 0 spiro atoms. The number of nitrogens with zero attached hydrogens (tertiary/aromatic N) is 2. The highest BCUT2D eigenvalue weighted by Gasteiger charge is 2.31. The summed E-state index contributed by atoms with van der Waals surface area (Å²) in [6.07, 6.45) is 6.43. The largest absolute Gasteiger partial charge is 0.370 e. The molecule has 3 nitrogen and oxygen atoms in total. The molecule has 72 valence electrons. The van der Waals surface area contributed by atoms with E-state index < -0.39 is 0 Å². The predicted octanol–water partition coefficient (Wildman–Crippen LogP) is 1.84. The Morgan fingerprint density at radius 3 is 3.00 bits per heavy atom. The van der Waals surface area contributed by atoms with Crippen LogP contribution < -0.4 is 0 Å². The fourth-order valence-electron chi connectivity index (χ4n) is 1.82. The Hall–Kier alpha value is -0.830. The van der Waals surface area contributed by atoms with Gasteiger partial charge in [-0.05, 0) is 32.8 Å². The van der Waals surface area contributed by atoms with E-state index in [4.69, 9.17) is 4.74 Å². The van der Waals surface area contributed by atoms with E-state index in [9.17, 15) is 0 Å². The second-order valence-corrected chi connectivity index (χ2v) is 4.27. The Kier molecular flexibility index (Phi) is 2.12. The monoisotopic (exact) mass is 180 g/mol. The third-order valence-electron chi connectivity index (χ3n) is 2.50. The van der Waals surface area contributed by atoms with Crippen molar-refractivity contribution >= 4 is 0 Å². The van der Waals surface area contributed by atoms with Crippen LogP contribution in [0.25, 0.3) is 0 Å². The van der Waals surface area contributed by atoms with Crippen molar-refractivity contribution in [1.29, 1.82) is 0 Å². The predicted molar refractivity (Wildman–Crippen MR) is 50.4 cm³/mol. The average Bonchev–Trinajstić information content (AvgIpc) is 2.61. The van der Waals surface area contributed by atoms with Gasteiger partial charge in [-0.2, -0.15) is 5.10 Å². The van der Waals surface area contributed by atoms with E-state index >= 15 is 0 Å². The molecule has 1 aromatic rings. The Bertz CT molecular complexity index is 266. The normalized spacial score (nSPS) is 26.5. The summed E-state index contributed by atoms with van der Waals surface area (Å²) in [5.41, 5.74) is 0.0673. The highest BCUT2D eigenvalue weighted by Crippen LogP contribution is 2.29. The van der Waals surface area contributed by atoms with Crippen molar-refractivity contribution in [2.24, 2.45) is 0 Å². The second-order valence-electron chi connectivity index (χ2n) is 4.27. The van der Waals surface area contributed by atoms with E-state index in [2.05, 4.69) is 18.9 Å². The summed E-state index contributed by atoms with van der Waals surface area (Å²) in [6, 6.07) is 1.94. The lowest BCUT2D eigenvalue weighted by molar-refractivity contribution is -0.0229. The topological polar surface area (TPSA) is 27.1 Å². The minimum Gasteiger partial charge on any atom is -0.370 e. The minimum atomic E-state index is 0.0673. The lowest BCUT2D eigenvalue weighted by Crippen LogP contribution is -2.23. The smallest absolute Gasteiger partial charge is 0.0779 e. The van der Waals surface area contributed by atoms with E-state index in [1.807, 2.05) is 16.9 Å². The molecular weight excluding hydrogens is 164 g/mol. The molecule has 0 bridgehead atoms. The first-order chi connectivity index (χ1) is 6.16. The van der Waals surface area contributed by atoms with Crippen LogP contribution in [0.2, 0.25) is 0 Å². The zero-order chi connectivity index (χ0) is 9.31. The van der Waals surface area contributed by atoms with Crippen molar-refractivity contribution in [2.45, 2.75) is 44.9 Å². The molecule has 1 atom stereocenters. The molecule has 2 rings (SSSR count). The van der Waals surface area contributed by atoms with Gasteiger partial charge in [-0.15, -0.1) is 0 Å². The maximum atomic E-state index is 5.86. The van der Waals surface area contributed by atoms with Gasteiger partial charge in [0.25, 0.3) is 0 Å². The van der Waals surface area contributed by atoms with E-state index in [-0.39, 0.29) is 5.60 Å². The van der Waals surface area contributed by atoms with Crippen LogP contribution >= 0.6 is 0 Å². The van der Waals surface area contributed by atoms with Gasteiger partial charge < -0.3 is 4.74 Å². The van der Waals surface area contributed by atoms with Crippen molar-refractivity contribution in [1.82, 2.24) is 9.78 Å². The molecule has 2 heterocycles. The Balaban J connectivity index is 1.91. The number of hydrogen-bond acceptors (Lipinski definition) is 2. The van der Waals surface area contributed by atoms with Gasteiger partial charge in [0.1, 0.15) is 0 Å². The van der Waals surface area contributed by atoms with Crippen LogP contribution in [-0.4, -0.2) is 21.5 Å². The fraction of sp³-hybridized carbons (Fsp3) is 0.700. The highest BCUT2D eigenvalue weighted by atomic mass is 16.5. The summed E-state index contributed by atoms with van der Waals surface area (Å²) in [4.78, 5) is 0. The molecule has 1 saturated heterocycles. The van der Waals surface area contributed by atoms with Crippen LogP contribution in [-0.2, 0) is 11.3 Å². The van der Waals surface area contributed by atoms with E-state index in [1.165, 1.54) is 0 Å². The van der Waals surface area contributed by atoms with Gasteiger partial charge in [0, 0.05) is 12.4 Å². The van der Waals surface area contributed by atoms with Crippen LogP contribution in [0.15, 0.2) is 18.5 Å². The third kappa shape index (κ3) is 2.10. The van der Waals surface area contributed by atoms with Crippen molar-refractivity contribution in [3.05, 3.63) is 18.5 Å². The maximum Gasteiger partial charge on any atom is 0.0779 e. The Morgan fingerprint density at radius 2 is 2.46 bits per heavy atom. The van der Waals surface area contributed by atoms with Crippen LogP contribution in [0.1, 0.15) is 26.7 Å². The van der Waals surface area contributed by atoms with Gasteiger partial charge in [-0.1, -0.05) is 0 Å². The Labute approximate surface area is 78.7 Å². The molecule has 0 radical (unpaired) electrons. The quantitative estimate of drug-likeness (QED) is 0.694.